The van der Waals surface area contributed by atoms with Crippen LogP contribution in [-0.2, 0) is 6.54 Å². The molecule has 3 nitrogen and oxygen atoms in total. The van der Waals surface area contributed by atoms with Gasteiger partial charge in [0.25, 0.3) is 0 Å². The second kappa shape index (κ2) is 4.62. The molecule has 0 unspecified atom stereocenters. The van der Waals surface area contributed by atoms with Gasteiger partial charge in [0, 0.05) is 11.4 Å². The molecule has 16 heavy (non-hydrogen) atoms. The number of fused-ring (bicyclic) bond motifs is 1. The van der Waals surface area contributed by atoms with Crippen molar-refractivity contribution in [1.29, 1.82) is 0 Å². The molecule has 0 spiro atoms. The molecule has 1 aliphatic rings. The van der Waals surface area contributed by atoms with Gasteiger partial charge < -0.3 is 0 Å². The second-order valence-corrected chi connectivity index (χ2v) is 6.52. The van der Waals surface area contributed by atoms with Gasteiger partial charge >= 0.3 is 0 Å². The molecular formula is C11H14IN3S. The highest BCUT2D eigenvalue weighted by molar-refractivity contribution is 14.1. The summed E-state index contributed by atoms with van der Waals surface area (Å²) in [6.45, 7) is 3.63. The molecule has 0 saturated carbocycles. The van der Waals surface area contributed by atoms with E-state index in [1.54, 1.807) is 0 Å². The fourth-order valence-electron chi connectivity index (χ4n) is 2.25. The maximum Gasteiger partial charge on any atom is 0.114 e. The molecule has 0 aromatic carbocycles. The van der Waals surface area contributed by atoms with Crippen LogP contribution < -0.4 is 0 Å². The minimum absolute atomic E-state index is 1.11. The summed E-state index contributed by atoms with van der Waals surface area (Å²) in [4.78, 5) is 4.01. The smallest absolute Gasteiger partial charge is 0.114 e. The van der Waals surface area contributed by atoms with E-state index in [2.05, 4.69) is 43.8 Å². The van der Waals surface area contributed by atoms with Crippen molar-refractivity contribution in [1.82, 2.24) is 15.1 Å². The van der Waals surface area contributed by atoms with Crippen molar-refractivity contribution in [2.24, 2.45) is 0 Å². The highest BCUT2D eigenvalue weighted by Gasteiger charge is 2.13. The number of piperidine rings is 1. The van der Waals surface area contributed by atoms with Crippen molar-refractivity contribution in [3.8, 4) is 0 Å². The van der Waals surface area contributed by atoms with Crippen molar-refractivity contribution >= 4 is 44.1 Å². The third-order valence-electron chi connectivity index (χ3n) is 3.07. The lowest BCUT2D eigenvalue weighted by atomic mass is 10.1. The van der Waals surface area contributed by atoms with Gasteiger partial charge in [0.2, 0.25) is 0 Å². The number of aromatic nitrogens is 2. The van der Waals surface area contributed by atoms with Gasteiger partial charge in [0.05, 0.1) is 4.70 Å². The zero-order valence-corrected chi connectivity index (χ0v) is 12.0. The van der Waals surface area contributed by atoms with Crippen LogP contribution in [0.2, 0.25) is 0 Å². The SMILES string of the molecule is Ic1[nH]nc2cc(CN3CCCCC3)sc12. The third-order valence-corrected chi connectivity index (χ3v) is 5.34. The second-order valence-electron chi connectivity index (χ2n) is 4.30. The molecule has 0 radical (unpaired) electrons. The van der Waals surface area contributed by atoms with Gasteiger partial charge in [-0.1, -0.05) is 6.42 Å². The van der Waals surface area contributed by atoms with Gasteiger partial charge in [0.15, 0.2) is 0 Å². The summed E-state index contributed by atoms with van der Waals surface area (Å²) in [7, 11) is 0. The Bertz CT molecular complexity index is 484. The van der Waals surface area contributed by atoms with E-state index in [-0.39, 0.29) is 0 Å². The molecule has 1 fully saturated rings. The van der Waals surface area contributed by atoms with Crippen molar-refractivity contribution in [3.63, 3.8) is 0 Å². The number of halogens is 1. The van der Waals surface area contributed by atoms with E-state index in [9.17, 15) is 0 Å². The number of hydrogen-bond donors (Lipinski definition) is 1. The number of H-pyrrole nitrogens is 1. The highest BCUT2D eigenvalue weighted by atomic mass is 127. The Hall–Kier alpha value is -0.140. The lowest BCUT2D eigenvalue weighted by Crippen LogP contribution is -2.28. The summed E-state index contributed by atoms with van der Waals surface area (Å²) in [5.41, 5.74) is 1.13. The fourth-order valence-corrected chi connectivity index (χ4v) is 4.00. The van der Waals surface area contributed by atoms with Gasteiger partial charge in [-0.2, -0.15) is 5.10 Å². The average molecular weight is 347 g/mol. The van der Waals surface area contributed by atoms with Crippen LogP contribution in [0, 0.1) is 3.70 Å². The number of rotatable bonds is 2. The van der Waals surface area contributed by atoms with Gasteiger partial charge in [-0.15, -0.1) is 11.3 Å². The number of nitrogens with one attached hydrogen (secondary N) is 1. The Morgan fingerprint density at radius 2 is 2.19 bits per heavy atom. The largest absolute Gasteiger partial charge is 0.298 e. The van der Waals surface area contributed by atoms with E-state index < -0.39 is 0 Å². The summed E-state index contributed by atoms with van der Waals surface area (Å²) in [5.74, 6) is 0. The Labute approximate surface area is 112 Å². The van der Waals surface area contributed by atoms with Gasteiger partial charge in [0.1, 0.15) is 9.22 Å². The van der Waals surface area contributed by atoms with Crippen LogP contribution in [0.5, 0.6) is 0 Å². The molecule has 0 bridgehead atoms. The summed E-state index contributed by atoms with van der Waals surface area (Å²) >= 11 is 4.20. The van der Waals surface area contributed by atoms with Crippen LogP contribution in [0.1, 0.15) is 24.1 Å². The van der Waals surface area contributed by atoms with Gasteiger partial charge in [-0.3, -0.25) is 10.00 Å². The molecule has 0 atom stereocenters. The van der Waals surface area contributed by atoms with Crippen molar-refractivity contribution < 1.29 is 0 Å². The molecule has 86 valence electrons. The van der Waals surface area contributed by atoms with Crippen LogP contribution in [0.4, 0.5) is 0 Å². The summed E-state index contributed by atoms with van der Waals surface area (Å²) in [6, 6.07) is 2.23. The molecule has 0 amide bonds. The molecule has 2 aromatic heterocycles. The minimum atomic E-state index is 1.11. The molecule has 1 aliphatic heterocycles. The predicted octanol–water partition coefficient (Wildman–Crippen LogP) is 3.21. The first-order valence-electron chi connectivity index (χ1n) is 5.67. The number of aromatic amines is 1. The minimum Gasteiger partial charge on any atom is -0.298 e. The van der Waals surface area contributed by atoms with E-state index in [0.717, 1.165) is 12.1 Å². The van der Waals surface area contributed by atoms with Crippen molar-refractivity contribution in [2.75, 3.05) is 13.1 Å². The van der Waals surface area contributed by atoms with E-state index in [1.165, 1.54) is 45.6 Å². The standard InChI is InChI=1S/C11H14IN3S/c12-11-10-9(13-14-11)6-8(16-10)7-15-4-2-1-3-5-15/h6H,1-5,7H2,(H,13,14). The number of likely N-dealkylation sites (tertiary alicyclic amines) is 1. The van der Waals surface area contributed by atoms with Gasteiger partial charge in [-0.25, -0.2) is 0 Å². The van der Waals surface area contributed by atoms with E-state index in [1.807, 2.05) is 11.3 Å². The van der Waals surface area contributed by atoms with Crippen LogP contribution in [0.15, 0.2) is 6.07 Å². The van der Waals surface area contributed by atoms with E-state index in [0.29, 0.717) is 0 Å². The Kier molecular flexibility index (Phi) is 3.17. The third kappa shape index (κ3) is 2.12. The molecule has 3 heterocycles. The summed E-state index contributed by atoms with van der Waals surface area (Å²) in [5, 5.41) is 7.31. The zero-order chi connectivity index (χ0) is 11.0. The highest BCUT2D eigenvalue weighted by Crippen LogP contribution is 2.29. The first-order valence-corrected chi connectivity index (χ1v) is 7.57. The molecule has 1 N–H and O–H groups in total. The van der Waals surface area contributed by atoms with Crippen molar-refractivity contribution in [3.05, 3.63) is 14.6 Å². The zero-order valence-electron chi connectivity index (χ0n) is 9.00. The molecular weight excluding hydrogens is 333 g/mol. The Morgan fingerprint density at radius 1 is 1.38 bits per heavy atom. The van der Waals surface area contributed by atoms with E-state index in [4.69, 9.17) is 0 Å². The van der Waals surface area contributed by atoms with Crippen LogP contribution in [0.3, 0.4) is 0 Å². The maximum atomic E-state index is 4.29. The maximum absolute atomic E-state index is 4.29. The van der Waals surface area contributed by atoms with Gasteiger partial charge in [-0.05, 0) is 54.6 Å². The molecule has 2 aromatic rings. The topological polar surface area (TPSA) is 31.9 Å². The van der Waals surface area contributed by atoms with Crippen LogP contribution >= 0.6 is 33.9 Å². The first-order chi connectivity index (χ1) is 7.83. The average Bonchev–Trinajstić information content (AvgIpc) is 2.83. The number of hydrogen-bond acceptors (Lipinski definition) is 3. The molecule has 5 heteroatoms. The van der Waals surface area contributed by atoms with Crippen LogP contribution in [-0.4, -0.2) is 28.2 Å². The van der Waals surface area contributed by atoms with Crippen molar-refractivity contribution in [2.45, 2.75) is 25.8 Å². The van der Waals surface area contributed by atoms with Crippen LogP contribution in [0.25, 0.3) is 10.2 Å². The lowest BCUT2D eigenvalue weighted by molar-refractivity contribution is 0.223. The Morgan fingerprint density at radius 3 is 2.94 bits per heavy atom. The quantitative estimate of drug-likeness (QED) is 0.846. The summed E-state index contributed by atoms with van der Waals surface area (Å²) < 4.78 is 2.48. The molecule has 1 saturated heterocycles. The monoisotopic (exact) mass is 347 g/mol. The lowest BCUT2D eigenvalue weighted by Gasteiger charge is -2.25. The molecule has 0 aliphatic carbocycles. The first kappa shape index (κ1) is 11.0. The number of thiophene rings is 1. The van der Waals surface area contributed by atoms with E-state index >= 15 is 0 Å². The number of nitrogens with zero attached hydrogens (tertiary/aromatic N) is 2. The predicted molar refractivity (Wildman–Crippen MR) is 75.8 cm³/mol. The Balaban J connectivity index is 1.78. The summed E-state index contributed by atoms with van der Waals surface area (Å²) in [6.07, 6.45) is 4.13. The normalized spacial score (nSPS) is 18.3. The fraction of sp³-hybridized carbons (Fsp3) is 0.545. The molecule has 3 rings (SSSR count).